The Labute approximate surface area is 203 Å². The Balaban J connectivity index is 1.87. The van der Waals surface area contributed by atoms with Crippen LogP contribution in [0.4, 0.5) is 0 Å². The van der Waals surface area contributed by atoms with Gasteiger partial charge in [0.15, 0.2) is 0 Å². The Kier molecular flexibility index (Phi) is 7.84. The van der Waals surface area contributed by atoms with Crippen LogP contribution in [0.25, 0.3) is 0 Å². The summed E-state index contributed by atoms with van der Waals surface area (Å²) < 4.78 is 0. The van der Waals surface area contributed by atoms with Gasteiger partial charge in [0, 0.05) is 22.7 Å². The van der Waals surface area contributed by atoms with Crippen molar-refractivity contribution < 1.29 is 19.5 Å². The van der Waals surface area contributed by atoms with E-state index in [0.29, 0.717) is 5.56 Å². The van der Waals surface area contributed by atoms with E-state index in [9.17, 15) is 14.7 Å². The number of hydroxylamine groups is 2. The average Bonchev–Trinajstić information content (AvgIpc) is 2.85. The van der Waals surface area contributed by atoms with Crippen molar-refractivity contribution >= 4 is 11.9 Å². The Morgan fingerprint density at radius 1 is 1.09 bits per heavy atom. The molecule has 34 heavy (non-hydrogen) atoms. The maximum Gasteiger partial charge on any atom is 0.335 e. The van der Waals surface area contributed by atoms with Gasteiger partial charge >= 0.3 is 5.97 Å². The van der Waals surface area contributed by atoms with E-state index in [1.54, 1.807) is 12.1 Å². The molecular formula is C28H38N2O4. The van der Waals surface area contributed by atoms with Crippen molar-refractivity contribution in [2.75, 3.05) is 0 Å². The number of carboxylic acids is 1. The number of carboxylic acid groups (broad SMARTS) is 1. The molecule has 0 radical (unpaired) electrons. The van der Waals surface area contributed by atoms with Gasteiger partial charge in [-0.15, -0.1) is 0 Å². The molecule has 2 N–H and O–H groups in total. The van der Waals surface area contributed by atoms with Crippen molar-refractivity contribution in [1.82, 2.24) is 10.4 Å². The van der Waals surface area contributed by atoms with Crippen molar-refractivity contribution in [1.29, 1.82) is 0 Å². The maximum atomic E-state index is 13.1. The van der Waals surface area contributed by atoms with E-state index >= 15 is 0 Å². The molecule has 6 heteroatoms. The zero-order valence-corrected chi connectivity index (χ0v) is 21.2. The van der Waals surface area contributed by atoms with E-state index < -0.39 is 5.97 Å². The first-order valence-electron chi connectivity index (χ1n) is 12.2. The number of benzene rings is 2. The lowest BCUT2D eigenvalue weighted by Gasteiger charge is -2.60. The van der Waals surface area contributed by atoms with Crippen molar-refractivity contribution in [3.8, 4) is 0 Å². The Bertz CT molecular complexity index is 1010. The van der Waals surface area contributed by atoms with Crippen LogP contribution in [0, 0.1) is 5.92 Å². The van der Waals surface area contributed by atoms with Gasteiger partial charge in [0.2, 0.25) is 0 Å². The van der Waals surface area contributed by atoms with Gasteiger partial charge in [-0.05, 0) is 69.7 Å². The third-order valence-electron chi connectivity index (χ3n) is 7.90. The van der Waals surface area contributed by atoms with E-state index in [2.05, 4.69) is 64.1 Å². The third-order valence-corrected chi connectivity index (χ3v) is 7.90. The van der Waals surface area contributed by atoms with Crippen LogP contribution in [-0.4, -0.2) is 39.2 Å². The number of piperidine rings is 1. The van der Waals surface area contributed by atoms with E-state index in [0.717, 1.165) is 24.8 Å². The van der Waals surface area contributed by atoms with Crippen LogP contribution in [0.2, 0.25) is 0 Å². The largest absolute Gasteiger partial charge is 0.478 e. The van der Waals surface area contributed by atoms with Crippen LogP contribution in [0.15, 0.2) is 54.6 Å². The summed E-state index contributed by atoms with van der Waals surface area (Å²) >= 11 is 0. The first kappa shape index (κ1) is 25.9. The van der Waals surface area contributed by atoms with E-state index in [1.807, 2.05) is 18.2 Å². The molecule has 2 aromatic rings. The van der Waals surface area contributed by atoms with E-state index in [-0.39, 0.29) is 40.6 Å². The average molecular weight is 467 g/mol. The Morgan fingerprint density at radius 2 is 1.74 bits per heavy atom. The standard InChI is InChI=1S/C28H38N2O4/c1-7-27(5)18-24(29-25(31)22-15-12-16-23(17-22)26(32)33)19(3)28(6,8-2)30(27)34-20(4)21-13-10-9-11-14-21/h9-17,19-20,24H,7-8,18H2,1-6H3,(H,29,31)(H,32,33). The van der Waals surface area contributed by atoms with Crippen molar-refractivity contribution in [2.45, 2.75) is 84.0 Å². The minimum absolute atomic E-state index is 0.0808. The zero-order chi connectivity index (χ0) is 25.1. The number of carbonyl (C=O) groups is 2. The molecule has 0 aromatic heterocycles. The van der Waals surface area contributed by atoms with Crippen molar-refractivity contribution in [2.24, 2.45) is 5.92 Å². The second kappa shape index (κ2) is 10.3. The summed E-state index contributed by atoms with van der Waals surface area (Å²) in [5, 5.41) is 14.7. The third kappa shape index (κ3) is 5.03. The number of hydrogen-bond donors (Lipinski definition) is 2. The van der Waals surface area contributed by atoms with E-state index in [1.165, 1.54) is 12.1 Å². The van der Waals surface area contributed by atoms with Gasteiger partial charge in [0.1, 0.15) is 6.10 Å². The minimum atomic E-state index is -1.04. The van der Waals surface area contributed by atoms with Crippen LogP contribution < -0.4 is 5.32 Å². The first-order chi connectivity index (χ1) is 16.1. The van der Waals surface area contributed by atoms with Crippen LogP contribution in [0.3, 0.4) is 0 Å². The first-order valence-corrected chi connectivity index (χ1v) is 12.2. The molecular weight excluding hydrogens is 428 g/mol. The van der Waals surface area contributed by atoms with Gasteiger partial charge in [-0.2, -0.15) is 5.06 Å². The van der Waals surface area contributed by atoms with Gasteiger partial charge in [-0.1, -0.05) is 57.2 Å². The predicted molar refractivity (Wildman–Crippen MR) is 134 cm³/mol. The monoisotopic (exact) mass is 466 g/mol. The summed E-state index contributed by atoms with van der Waals surface area (Å²) in [6.45, 7) is 13.0. The number of aromatic carboxylic acids is 1. The molecule has 1 fully saturated rings. The van der Waals surface area contributed by atoms with Crippen LogP contribution >= 0.6 is 0 Å². The second-order valence-corrected chi connectivity index (χ2v) is 9.97. The SMILES string of the molecule is CCC1(C)CC(NC(=O)c2cccc(C(=O)O)c2)C(C)C(C)(CC)N1OC(C)c1ccccc1. The summed E-state index contributed by atoms with van der Waals surface area (Å²) in [4.78, 5) is 31.2. The summed E-state index contributed by atoms with van der Waals surface area (Å²) in [5.41, 5.74) is 0.991. The molecule has 0 aliphatic carbocycles. The lowest BCUT2D eigenvalue weighted by atomic mass is 9.68. The lowest BCUT2D eigenvalue weighted by Crippen LogP contribution is -2.70. The molecule has 0 saturated carbocycles. The number of carbonyl (C=O) groups excluding carboxylic acids is 1. The van der Waals surface area contributed by atoms with Crippen LogP contribution in [-0.2, 0) is 4.84 Å². The quantitative estimate of drug-likeness (QED) is 0.510. The molecule has 1 heterocycles. The molecule has 184 valence electrons. The maximum absolute atomic E-state index is 13.1. The molecule has 5 unspecified atom stereocenters. The van der Waals surface area contributed by atoms with E-state index in [4.69, 9.17) is 4.84 Å². The summed E-state index contributed by atoms with van der Waals surface area (Å²) in [6.07, 6.45) is 2.34. The fraction of sp³-hybridized carbons (Fsp3) is 0.500. The fourth-order valence-corrected chi connectivity index (χ4v) is 5.13. The highest BCUT2D eigenvalue weighted by Crippen LogP contribution is 2.47. The zero-order valence-electron chi connectivity index (χ0n) is 21.2. The molecule has 1 saturated heterocycles. The molecule has 0 spiro atoms. The Hall–Kier alpha value is -2.70. The predicted octanol–water partition coefficient (Wildman–Crippen LogP) is 5.86. The van der Waals surface area contributed by atoms with Gasteiger partial charge in [-0.3, -0.25) is 9.63 Å². The fourth-order valence-electron chi connectivity index (χ4n) is 5.13. The van der Waals surface area contributed by atoms with Crippen LogP contribution in [0.5, 0.6) is 0 Å². The molecule has 5 atom stereocenters. The van der Waals surface area contributed by atoms with Crippen LogP contribution in [0.1, 0.15) is 93.2 Å². The molecule has 2 aromatic carbocycles. The van der Waals surface area contributed by atoms with Crippen molar-refractivity contribution in [3.05, 3.63) is 71.3 Å². The number of hydrogen-bond acceptors (Lipinski definition) is 4. The normalized spacial score (nSPS) is 28.3. The summed E-state index contributed by atoms with van der Waals surface area (Å²) in [7, 11) is 0. The highest BCUT2D eigenvalue weighted by atomic mass is 16.7. The number of nitrogens with one attached hydrogen (secondary N) is 1. The molecule has 0 bridgehead atoms. The smallest absolute Gasteiger partial charge is 0.335 e. The van der Waals surface area contributed by atoms with Gasteiger partial charge < -0.3 is 10.4 Å². The second-order valence-electron chi connectivity index (χ2n) is 9.97. The number of nitrogens with zero attached hydrogens (tertiary/aromatic N) is 1. The molecule has 3 rings (SSSR count). The molecule has 1 amide bonds. The number of rotatable bonds is 8. The molecule has 6 nitrogen and oxygen atoms in total. The highest BCUT2D eigenvalue weighted by molar-refractivity contribution is 5.97. The van der Waals surface area contributed by atoms with Gasteiger partial charge in [0.05, 0.1) is 5.56 Å². The summed E-state index contributed by atoms with van der Waals surface area (Å²) in [6, 6.07) is 16.3. The van der Waals surface area contributed by atoms with Gasteiger partial charge in [-0.25, -0.2) is 4.79 Å². The number of amides is 1. The van der Waals surface area contributed by atoms with Crippen molar-refractivity contribution in [3.63, 3.8) is 0 Å². The topological polar surface area (TPSA) is 78.9 Å². The minimum Gasteiger partial charge on any atom is -0.478 e. The summed E-state index contributed by atoms with van der Waals surface area (Å²) in [5.74, 6) is -1.19. The lowest BCUT2D eigenvalue weighted by molar-refractivity contribution is -0.327. The Morgan fingerprint density at radius 3 is 2.32 bits per heavy atom. The molecule has 1 aliphatic heterocycles. The van der Waals surface area contributed by atoms with Gasteiger partial charge in [0.25, 0.3) is 5.91 Å². The molecule has 1 aliphatic rings. The highest BCUT2D eigenvalue weighted by Gasteiger charge is 2.54.